The summed E-state index contributed by atoms with van der Waals surface area (Å²) in [4.78, 5) is 22.8. The van der Waals surface area contributed by atoms with Crippen molar-refractivity contribution in [1.29, 1.82) is 0 Å². The van der Waals surface area contributed by atoms with Crippen LogP contribution in [0.15, 0.2) is 45.9 Å². The van der Waals surface area contributed by atoms with Crippen LogP contribution in [0, 0.1) is 10.1 Å². The number of fused-ring (bicyclic) bond motifs is 1. The predicted octanol–water partition coefficient (Wildman–Crippen LogP) is 4.10. The molecular weight excluding hydrogens is 403 g/mol. The van der Waals surface area contributed by atoms with Crippen molar-refractivity contribution in [2.24, 2.45) is 0 Å². The summed E-state index contributed by atoms with van der Waals surface area (Å²) in [7, 11) is 0. The molecule has 0 unspecified atom stereocenters. The number of ether oxygens (including phenoxy) is 1. The van der Waals surface area contributed by atoms with Crippen LogP contribution in [0.1, 0.15) is 15.9 Å². The average molecular weight is 413 g/mol. The Bertz CT molecular complexity index is 1040. The molecule has 1 aromatic heterocycles. The number of benzene rings is 2. The highest BCUT2D eigenvalue weighted by molar-refractivity contribution is 7.99. The van der Waals surface area contributed by atoms with Gasteiger partial charge in [-0.3, -0.25) is 10.1 Å². The quantitative estimate of drug-likeness (QED) is 0.195. The Hall–Kier alpha value is -3.15. The monoisotopic (exact) mass is 413 g/mol. The van der Waals surface area contributed by atoms with Crippen LogP contribution in [-0.2, 0) is 10.9 Å². The fourth-order valence-corrected chi connectivity index (χ4v) is 3.11. The van der Waals surface area contributed by atoms with E-state index in [1.54, 1.807) is 0 Å². The maximum atomic E-state index is 12.7. The third-order valence-electron chi connectivity index (χ3n) is 3.55. The molecule has 8 nitrogen and oxygen atoms in total. The first kappa shape index (κ1) is 19.6. The number of alkyl halides is 3. The molecule has 2 aromatic carbocycles. The van der Waals surface area contributed by atoms with Gasteiger partial charge in [-0.25, -0.2) is 9.42 Å². The van der Waals surface area contributed by atoms with E-state index >= 15 is 0 Å². The van der Waals surface area contributed by atoms with Crippen molar-refractivity contribution in [3.63, 3.8) is 0 Å². The first-order valence-electron chi connectivity index (χ1n) is 7.64. The molecule has 0 fully saturated rings. The van der Waals surface area contributed by atoms with Crippen LogP contribution in [0.2, 0.25) is 0 Å². The number of carbonyl (C=O) groups excluding carboxylic acids is 1. The van der Waals surface area contributed by atoms with Gasteiger partial charge in [0, 0.05) is 16.7 Å². The summed E-state index contributed by atoms with van der Waals surface area (Å²) >= 11 is 1.18. The van der Waals surface area contributed by atoms with Gasteiger partial charge in [0.2, 0.25) is 5.52 Å². The van der Waals surface area contributed by atoms with Crippen LogP contribution in [0.4, 0.5) is 18.9 Å². The van der Waals surface area contributed by atoms with Crippen molar-refractivity contribution in [1.82, 2.24) is 10.3 Å². The molecule has 0 amide bonds. The first-order chi connectivity index (χ1) is 13.3. The highest BCUT2D eigenvalue weighted by atomic mass is 32.2. The number of aromatic nitrogens is 2. The molecule has 12 heteroatoms. The predicted molar refractivity (Wildman–Crippen MR) is 90.9 cm³/mol. The van der Waals surface area contributed by atoms with Crippen molar-refractivity contribution in [3.05, 3.63) is 57.6 Å². The molecule has 28 heavy (non-hydrogen) atoms. The Morgan fingerprint density at radius 2 is 1.96 bits per heavy atom. The van der Waals surface area contributed by atoms with E-state index in [1.165, 1.54) is 30.0 Å². The zero-order valence-electron chi connectivity index (χ0n) is 13.8. The second-order valence-electron chi connectivity index (χ2n) is 5.36. The average Bonchev–Trinajstić information content (AvgIpc) is 3.14. The number of nitro benzene ring substituents is 1. The molecule has 0 bridgehead atoms. The Morgan fingerprint density at radius 1 is 1.21 bits per heavy atom. The molecule has 0 aliphatic carbocycles. The number of thioether (sulfide) groups is 1. The fraction of sp³-hybridized carbons (Fsp3) is 0.188. The second-order valence-corrected chi connectivity index (χ2v) is 6.50. The van der Waals surface area contributed by atoms with Gasteiger partial charge in [-0.1, -0.05) is 6.07 Å². The number of halogens is 3. The van der Waals surface area contributed by atoms with Gasteiger partial charge in [0.05, 0.1) is 16.1 Å². The summed E-state index contributed by atoms with van der Waals surface area (Å²) < 4.78 is 47.6. The van der Waals surface area contributed by atoms with Gasteiger partial charge in [0.15, 0.2) is 5.52 Å². The highest BCUT2D eigenvalue weighted by Crippen LogP contribution is 2.32. The fourth-order valence-electron chi connectivity index (χ4n) is 2.29. The first-order valence-corrected chi connectivity index (χ1v) is 8.63. The second kappa shape index (κ2) is 7.84. The van der Waals surface area contributed by atoms with E-state index in [0.29, 0.717) is 4.90 Å². The van der Waals surface area contributed by atoms with Gasteiger partial charge >= 0.3 is 17.8 Å². The molecule has 3 rings (SSSR count). The lowest BCUT2D eigenvalue weighted by Crippen LogP contribution is -2.11. The van der Waals surface area contributed by atoms with Crippen LogP contribution >= 0.6 is 11.8 Å². The lowest BCUT2D eigenvalue weighted by atomic mass is 10.1. The van der Waals surface area contributed by atoms with Crippen molar-refractivity contribution < 1.29 is 32.3 Å². The third kappa shape index (κ3) is 4.22. The zero-order valence-corrected chi connectivity index (χ0v) is 14.6. The van der Waals surface area contributed by atoms with E-state index in [9.17, 15) is 28.1 Å². The van der Waals surface area contributed by atoms with E-state index in [1.807, 2.05) is 0 Å². The van der Waals surface area contributed by atoms with Crippen LogP contribution in [0.25, 0.3) is 11.0 Å². The molecule has 0 N–H and O–H groups in total. The summed E-state index contributed by atoms with van der Waals surface area (Å²) in [5.74, 6) is -0.645. The number of carbonyl (C=O) groups is 1. The van der Waals surface area contributed by atoms with E-state index in [0.717, 1.165) is 18.2 Å². The molecule has 0 atom stereocenters. The Kier molecular flexibility index (Phi) is 5.49. The zero-order chi connectivity index (χ0) is 20.3. The summed E-state index contributed by atoms with van der Waals surface area (Å²) in [5.41, 5.74) is -1.21. The SMILES string of the molecule is O=C(OCCSc1ccc([N+](=O)[O-])c2nonc12)c1cccc(C(F)(F)F)c1. The van der Waals surface area contributed by atoms with Gasteiger partial charge in [-0.05, 0) is 34.6 Å². The molecule has 0 aliphatic rings. The number of rotatable bonds is 6. The summed E-state index contributed by atoms with van der Waals surface area (Å²) in [6.45, 7) is -0.0937. The van der Waals surface area contributed by atoms with E-state index in [-0.39, 0.29) is 34.6 Å². The van der Waals surface area contributed by atoms with Crippen molar-refractivity contribution in [3.8, 4) is 0 Å². The highest BCUT2D eigenvalue weighted by Gasteiger charge is 2.31. The molecule has 1 heterocycles. The number of non-ortho nitro benzene ring substituents is 1. The number of hydrogen-bond donors (Lipinski definition) is 0. The maximum absolute atomic E-state index is 12.7. The number of nitrogens with zero attached hydrogens (tertiary/aromatic N) is 3. The summed E-state index contributed by atoms with van der Waals surface area (Å²) in [6, 6.07) is 6.65. The molecule has 0 aliphatic heterocycles. The molecule has 0 spiro atoms. The van der Waals surface area contributed by atoms with Gasteiger partial charge in [0.25, 0.3) is 0 Å². The van der Waals surface area contributed by atoms with Crippen LogP contribution in [0.3, 0.4) is 0 Å². The van der Waals surface area contributed by atoms with Gasteiger partial charge < -0.3 is 4.74 Å². The van der Waals surface area contributed by atoms with Gasteiger partial charge in [0.1, 0.15) is 6.61 Å². The number of esters is 1. The topological polar surface area (TPSA) is 108 Å². The third-order valence-corrected chi connectivity index (χ3v) is 4.56. The van der Waals surface area contributed by atoms with Crippen molar-refractivity contribution in [2.75, 3.05) is 12.4 Å². The number of hydrogen-bond acceptors (Lipinski definition) is 8. The van der Waals surface area contributed by atoms with E-state index in [4.69, 9.17) is 4.74 Å². The van der Waals surface area contributed by atoms with Crippen LogP contribution < -0.4 is 0 Å². The van der Waals surface area contributed by atoms with Crippen LogP contribution in [-0.4, -0.2) is 33.6 Å². The molecule has 146 valence electrons. The Morgan fingerprint density at radius 3 is 2.68 bits per heavy atom. The number of nitro groups is 1. The minimum atomic E-state index is -4.56. The molecule has 0 radical (unpaired) electrons. The molecule has 3 aromatic rings. The standard InChI is InChI=1S/C16H10F3N3O5S/c17-16(18,19)10-3-1-2-9(8-10)15(23)26-6-7-28-12-5-4-11(22(24)25)13-14(12)21-27-20-13/h1-5,8H,6-7H2. The molecule has 0 saturated heterocycles. The van der Waals surface area contributed by atoms with Gasteiger partial charge in [-0.15, -0.1) is 11.8 Å². The minimum absolute atomic E-state index is 0.00374. The van der Waals surface area contributed by atoms with Crippen LogP contribution in [0.5, 0.6) is 0 Å². The molecule has 0 saturated carbocycles. The Balaban J connectivity index is 1.60. The van der Waals surface area contributed by atoms with E-state index in [2.05, 4.69) is 14.9 Å². The van der Waals surface area contributed by atoms with E-state index < -0.39 is 22.6 Å². The molecular formula is C16H10F3N3O5S. The van der Waals surface area contributed by atoms with Gasteiger partial charge in [-0.2, -0.15) is 13.2 Å². The summed E-state index contributed by atoms with van der Waals surface area (Å²) in [5, 5.41) is 18.1. The normalized spacial score (nSPS) is 11.5. The lowest BCUT2D eigenvalue weighted by molar-refractivity contribution is -0.383. The Labute approximate surface area is 158 Å². The van der Waals surface area contributed by atoms with Crippen molar-refractivity contribution in [2.45, 2.75) is 11.1 Å². The van der Waals surface area contributed by atoms with Crippen molar-refractivity contribution >= 4 is 34.5 Å². The minimum Gasteiger partial charge on any atom is -0.461 e. The maximum Gasteiger partial charge on any atom is 0.416 e. The largest absolute Gasteiger partial charge is 0.461 e. The smallest absolute Gasteiger partial charge is 0.416 e. The summed E-state index contributed by atoms with van der Waals surface area (Å²) in [6.07, 6.45) is -4.56. The lowest BCUT2D eigenvalue weighted by Gasteiger charge is -2.09.